The van der Waals surface area contributed by atoms with Gasteiger partial charge in [-0.2, -0.15) is 0 Å². The average Bonchev–Trinajstić information content (AvgIpc) is 3.40. The van der Waals surface area contributed by atoms with Crippen molar-refractivity contribution in [3.8, 4) is 0 Å². The van der Waals surface area contributed by atoms with Gasteiger partial charge in [0.2, 0.25) is 5.91 Å². The summed E-state index contributed by atoms with van der Waals surface area (Å²) in [6.07, 6.45) is 5.02. The number of nitrogens with zero attached hydrogens (tertiary/aromatic N) is 1. The molecule has 0 spiro atoms. The van der Waals surface area contributed by atoms with Crippen LogP contribution in [0.3, 0.4) is 0 Å². The molecular formula is C18H26N2O. The van der Waals surface area contributed by atoms with Crippen molar-refractivity contribution >= 4 is 5.91 Å². The van der Waals surface area contributed by atoms with Gasteiger partial charge in [-0.05, 0) is 51.1 Å². The van der Waals surface area contributed by atoms with E-state index in [0.717, 1.165) is 12.5 Å². The second-order valence-corrected chi connectivity index (χ2v) is 6.92. The Morgan fingerprint density at radius 1 is 1.33 bits per heavy atom. The molecule has 3 heteroatoms. The van der Waals surface area contributed by atoms with Crippen LogP contribution in [0.4, 0.5) is 0 Å². The standard InChI is InChI=1S/C18H26N2O/c1-14(15-8-9-15)20(2)12-17(21)19-13-18(10-11-18)16-6-4-3-5-7-16/h3-7,14-15H,8-13H2,1-2H3,(H,19,21). The predicted molar refractivity (Wildman–Crippen MR) is 85.2 cm³/mol. The minimum absolute atomic E-state index is 0.159. The molecule has 3 nitrogen and oxygen atoms in total. The van der Waals surface area contributed by atoms with Crippen LogP contribution in [-0.2, 0) is 10.2 Å². The second kappa shape index (κ2) is 5.80. The Bertz CT molecular complexity index is 491. The van der Waals surface area contributed by atoms with E-state index >= 15 is 0 Å². The van der Waals surface area contributed by atoms with E-state index in [9.17, 15) is 4.79 Å². The highest BCUT2D eigenvalue weighted by atomic mass is 16.2. The fourth-order valence-electron chi connectivity index (χ4n) is 3.14. The van der Waals surface area contributed by atoms with E-state index in [1.165, 1.54) is 31.2 Å². The SMILES string of the molecule is CC(C1CC1)N(C)CC(=O)NCC1(c2ccccc2)CC1. The summed E-state index contributed by atoms with van der Waals surface area (Å²) in [5.41, 5.74) is 1.57. The van der Waals surface area contributed by atoms with Crippen LogP contribution < -0.4 is 5.32 Å². The maximum absolute atomic E-state index is 12.2. The maximum atomic E-state index is 12.2. The van der Waals surface area contributed by atoms with Gasteiger partial charge in [0.1, 0.15) is 0 Å². The van der Waals surface area contributed by atoms with Gasteiger partial charge < -0.3 is 5.32 Å². The van der Waals surface area contributed by atoms with Crippen LogP contribution in [0.1, 0.15) is 38.2 Å². The fraction of sp³-hybridized carbons (Fsp3) is 0.611. The number of nitrogens with one attached hydrogen (secondary N) is 1. The average molecular weight is 286 g/mol. The van der Waals surface area contributed by atoms with E-state index in [4.69, 9.17) is 0 Å². The highest BCUT2D eigenvalue weighted by Crippen LogP contribution is 2.47. The molecule has 0 saturated heterocycles. The summed E-state index contributed by atoms with van der Waals surface area (Å²) in [5, 5.41) is 3.15. The van der Waals surface area contributed by atoms with Crippen molar-refractivity contribution < 1.29 is 4.79 Å². The van der Waals surface area contributed by atoms with Gasteiger partial charge in [0.15, 0.2) is 0 Å². The minimum Gasteiger partial charge on any atom is -0.354 e. The lowest BCUT2D eigenvalue weighted by molar-refractivity contribution is -0.122. The largest absolute Gasteiger partial charge is 0.354 e. The molecule has 0 aromatic heterocycles. The summed E-state index contributed by atoms with van der Waals surface area (Å²) >= 11 is 0. The van der Waals surface area contributed by atoms with Crippen molar-refractivity contribution in [1.82, 2.24) is 10.2 Å². The first kappa shape index (κ1) is 14.6. The van der Waals surface area contributed by atoms with Crippen LogP contribution in [-0.4, -0.2) is 37.0 Å². The van der Waals surface area contributed by atoms with E-state index in [1.807, 2.05) is 6.07 Å². The number of rotatable bonds is 7. The Morgan fingerprint density at radius 2 is 2.00 bits per heavy atom. The van der Waals surface area contributed by atoms with Crippen molar-refractivity contribution in [2.75, 3.05) is 20.1 Å². The normalized spacial score (nSPS) is 21.1. The zero-order chi connectivity index (χ0) is 14.9. The van der Waals surface area contributed by atoms with Crippen molar-refractivity contribution in [3.63, 3.8) is 0 Å². The van der Waals surface area contributed by atoms with E-state index in [0.29, 0.717) is 12.6 Å². The van der Waals surface area contributed by atoms with Crippen LogP contribution in [0.2, 0.25) is 0 Å². The summed E-state index contributed by atoms with van der Waals surface area (Å²) in [4.78, 5) is 14.3. The van der Waals surface area contributed by atoms with Crippen LogP contribution in [0.15, 0.2) is 30.3 Å². The summed E-state index contributed by atoms with van der Waals surface area (Å²) in [5.74, 6) is 0.967. The number of hydrogen-bond donors (Lipinski definition) is 1. The number of hydrogen-bond acceptors (Lipinski definition) is 2. The van der Waals surface area contributed by atoms with Gasteiger partial charge in [-0.1, -0.05) is 30.3 Å². The van der Waals surface area contributed by atoms with E-state index < -0.39 is 0 Å². The van der Waals surface area contributed by atoms with E-state index in [2.05, 4.69) is 48.5 Å². The number of amides is 1. The zero-order valence-corrected chi connectivity index (χ0v) is 13.1. The molecule has 1 amide bonds. The first-order chi connectivity index (χ1) is 10.1. The summed E-state index contributed by atoms with van der Waals surface area (Å²) in [7, 11) is 2.06. The third kappa shape index (κ3) is 3.46. The molecule has 2 saturated carbocycles. The van der Waals surface area contributed by atoms with E-state index in [1.54, 1.807) is 0 Å². The molecule has 3 rings (SSSR count). The van der Waals surface area contributed by atoms with Crippen LogP contribution >= 0.6 is 0 Å². The molecule has 2 aliphatic carbocycles. The molecule has 2 fully saturated rings. The number of benzene rings is 1. The molecule has 0 bridgehead atoms. The predicted octanol–water partition coefficient (Wildman–Crippen LogP) is 2.56. The lowest BCUT2D eigenvalue weighted by atomic mass is 9.96. The highest BCUT2D eigenvalue weighted by Gasteiger charge is 2.44. The van der Waals surface area contributed by atoms with Crippen molar-refractivity contribution in [3.05, 3.63) is 35.9 Å². The van der Waals surface area contributed by atoms with Crippen molar-refractivity contribution in [2.45, 2.75) is 44.1 Å². The smallest absolute Gasteiger partial charge is 0.234 e. The number of carbonyl (C=O) groups excluding carboxylic acids is 1. The van der Waals surface area contributed by atoms with Gasteiger partial charge >= 0.3 is 0 Å². The molecule has 2 aliphatic rings. The topological polar surface area (TPSA) is 32.3 Å². The minimum atomic E-state index is 0.159. The molecular weight excluding hydrogens is 260 g/mol. The Labute approximate surface area is 127 Å². The van der Waals surface area contributed by atoms with Gasteiger partial charge in [-0.3, -0.25) is 9.69 Å². The van der Waals surface area contributed by atoms with Crippen LogP contribution in [0, 0.1) is 5.92 Å². The summed E-state index contributed by atoms with van der Waals surface area (Å²) < 4.78 is 0. The summed E-state index contributed by atoms with van der Waals surface area (Å²) in [6.45, 7) is 3.53. The van der Waals surface area contributed by atoms with Gasteiger partial charge in [-0.25, -0.2) is 0 Å². The molecule has 1 aromatic rings. The Kier molecular flexibility index (Phi) is 4.03. The van der Waals surface area contributed by atoms with Crippen molar-refractivity contribution in [1.29, 1.82) is 0 Å². The molecule has 1 unspecified atom stereocenters. The van der Waals surface area contributed by atoms with Gasteiger partial charge in [0.05, 0.1) is 6.54 Å². The highest BCUT2D eigenvalue weighted by molar-refractivity contribution is 5.78. The third-order valence-electron chi connectivity index (χ3n) is 5.26. The van der Waals surface area contributed by atoms with Crippen LogP contribution in [0.5, 0.6) is 0 Å². The Hall–Kier alpha value is -1.35. The van der Waals surface area contributed by atoms with Crippen molar-refractivity contribution in [2.24, 2.45) is 5.92 Å². The zero-order valence-electron chi connectivity index (χ0n) is 13.1. The Morgan fingerprint density at radius 3 is 2.57 bits per heavy atom. The lowest BCUT2D eigenvalue weighted by Crippen LogP contribution is -2.42. The van der Waals surface area contributed by atoms with Crippen LogP contribution in [0.25, 0.3) is 0 Å². The molecule has 1 N–H and O–H groups in total. The number of carbonyl (C=O) groups is 1. The number of likely N-dealkylation sites (N-methyl/N-ethyl adjacent to an activating group) is 1. The van der Waals surface area contributed by atoms with E-state index in [-0.39, 0.29) is 11.3 Å². The molecule has 21 heavy (non-hydrogen) atoms. The Balaban J connectivity index is 1.47. The monoisotopic (exact) mass is 286 g/mol. The molecule has 0 heterocycles. The quantitative estimate of drug-likeness (QED) is 0.835. The fourth-order valence-corrected chi connectivity index (χ4v) is 3.14. The van der Waals surface area contributed by atoms with Gasteiger partial charge in [0, 0.05) is 18.0 Å². The molecule has 1 atom stereocenters. The van der Waals surface area contributed by atoms with Gasteiger partial charge in [0.25, 0.3) is 0 Å². The molecule has 0 aliphatic heterocycles. The maximum Gasteiger partial charge on any atom is 0.234 e. The third-order valence-corrected chi connectivity index (χ3v) is 5.26. The lowest BCUT2D eigenvalue weighted by Gasteiger charge is -2.24. The first-order valence-corrected chi connectivity index (χ1v) is 8.13. The first-order valence-electron chi connectivity index (χ1n) is 8.13. The molecule has 114 valence electrons. The second-order valence-electron chi connectivity index (χ2n) is 6.92. The summed E-state index contributed by atoms with van der Waals surface area (Å²) in [6, 6.07) is 11.1. The molecule has 1 aromatic carbocycles. The molecule has 0 radical (unpaired) electrons. The van der Waals surface area contributed by atoms with Gasteiger partial charge in [-0.15, -0.1) is 0 Å².